The predicted molar refractivity (Wildman–Crippen MR) is 145 cm³/mol. The third-order valence-corrected chi connectivity index (χ3v) is 7.32. The third kappa shape index (κ3) is 3.85. The molecule has 2 aliphatic rings. The average molecular weight is 460 g/mol. The molecule has 0 saturated carbocycles. The Balaban J connectivity index is 1.47. The quantitative estimate of drug-likeness (QED) is 0.350. The van der Waals surface area contributed by atoms with Gasteiger partial charge in [-0.15, -0.1) is 0 Å². The zero-order valence-electron chi connectivity index (χ0n) is 20.1. The van der Waals surface area contributed by atoms with Crippen molar-refractivity contribution in [3.63, 3.8) is 0 Å². The van der Waals surface area contributed by atoms with Crippen LogP contribution in [0.25, 0.3) is 10.8 Å². The first-order valence-corrected chi connectivity index (χ1v) is 12.2. The van der Waals surface area contributed by atoms with Gasteiger partial charge in [0.05, 0.1) is 17.4 Å². The van der Waals surface area contributed by atoms with Crippen LogP contribution in [0.15, 0.2) is 102 Å². The van der Waals surface area contributed by atoms with Crippen molar-refractivity contribution in [2.45, 2.75) is 24.8 Å². The highest BCUT2D eigenvalue weighted by atomic mass is 16.1. The van der Waals surface area contributed by atoms with Gasteiger partial charge in [-0.1, -0.05) is 66.7 Å². The first-order chi connectivity index (χ1) is 17.1. The Bertz CT molecular complexity index is 1450. The van der Waals surface area contributed by atoms with Crippen LogP contribution in [-0.4, -0.2) is 19.9 Å². The number of ketones is 1. The Kier molecular flexibility index (Phi) is 5.29. The van der Waals surface area contributed by atoms with Crippen LogP contribution in [0.4, 0.5) is 17.1 Å². The monoisotopic (exact) mass is 459 g/mol. The Morgan fingerprint density at radius 1 is 0.771 bits per heavy atom. The highest BCUT2D eigenvalue weighted by molar-refractivity contribution is 6.02. The molecule has 1 heterocycles. The average Bonchev–Trinajstić information content (AvgIpc) is 3.05. The maximum Gasteiger partial charge on any atom is 0.163 e. The second-order valence-electron chi connectivity index (χ2n) is 9.72. The molecule has 4 aromatic rings. The second kappa shape index (κ2) is 8.62. The molecule has 35 heavy (non-hydrogen) atoms. The van der Waals surface area contributed by atoms with Crippen molar-refractivity contribution in [1.29, 1.82) is 0 Å². The van der Waals surface area contributed by atoms with Crippen molar-refractivity contribution >= 4 is 33.6 Å². The molecule has 0 fully saturated rings. The number of rotatable bonds is 3. The molecule has 0 radical (unpaired) electrons. The largest absolute Gasteiger partial charge is 0.378 e. The van der Waals surface area contributed by atoms with Crippen LogP contribution in [0, 0.1) is 0 Å². The van der Waals surface area contributed by atoms with E-state index in [-0.39, 0.29) is 17.7 Å². The van der Waals surface area contributed by atoms with E-state index in [1.54, 1.807) is 0 Å². The molecule has 0 aromatic heterocycles. The highest BCUT2D eigenvalue weighted by Gasteiger charge is 2.36. The maximum absolute atomic E-state index is 13.9. The van der Waals surface area contributed by atoms with Crippen molar-refractivity contribution in [3.8, 4) is 0 Å². The standard InChI is InChI=1S/C31H29N3O/c1-34(2)23-16-14-20(15-17-23)22-18-28-30(29(35)19-22)31(33-27-13-6-5-12-26(27)32-28)25-11-7-9-21-8-3-4-10-24(21)25/h3-17,22,31-33H,18-19H2,1-2H3. The van der Waals surface area contributed by atoms with E-state index < -0.39 is 0 Å². The number of nitrogens with zero attached hydrogens (tertiary/aromatic N) is 1. The summed E-state index contributed by atoms with van der Waals surface area (Å²) in [6, 6.07) is 31.4. The van der Waals surface area contributed by atoms with Crippen molar-refractivity contribution in [1.82, 2.24) is 0 Å². The number of nitrogens with one attached hydrogen (secondary N) is 2. The maximum atomic E-state index is 13.9. The van der Waals surface area contributed by atoms with Gasteiger partial charge in [0.1, 0.15) is 0 Å². The van der Waals surface area contributed by atoms with Crippen LogP contribution in [0.1, 0.15) is 35.9 Å². The lowest BCUT2D eigenvalue weighted by Crippen LogP contribution is -2.27. The van der Waals surface area contributed by atoms with Crippen LogP contribution >= 0.6 is 0 Å². The summed E-state index contributed by atoms with van der Waals surface area (Å²) >= 11 is 0. The highest BCUT2D eigenvalue weighted by Crippen LogP contribution is 2.45. The van der Waals surface area contributed by atoms with Gasteiger partial charge in [-0.25, -0.2) is 0 Å². The molecule has 6 rings (SSSR count). The van der Waals surface area contributed by atoms with Crippen molar-refractivity contribution in [2.75, 3.05) is 29.6 Å². The predicted octanol–water partition coefficient (Wildman–Crippen LogP) is 6.89. The summed E-state index contributed by atoms with van der Waals surface area (Å²) in [5.41, 5.74) is 7.42. The van der Waals surface area contributed by atoms with E-state index in [2.05, 4.69) is 94.4 Å². The number of anilines is 3. The van der Waals surface area contributed by atoms with Gasteiger partial charge in [0, 0.05) is 37.5 Å². The molecule has 174 valence electrons. The normalized spacial score (nSPS) is 19.3. The fourth-order valence-corrected chi connectivity index (χ4v) is 5.51. The molecule has 4 heteroatoms. The van der Waals surface area contributed by atoms with E-state index in [1.807, 2.05) is 26.2 Å². The number of para-hydroxylation sites is 2. The van der Waals surface area contributed by atoms with Crippen molar-refractivity contribution < 1.29 is 4.79 Å². The molecule has 1 aliphatic carbocycles. The van der Waals surface area contributed by atoms with Gasteiger partial charge >= 0.3 is 0 Å². The zero-order valence-corrected chi connectivity index (χ0v) is 20.1. The SMILES string of the molecule is CN(C)c1ccc(C2CC(=O)C3=C(C2)Nc2ccccc2NC3c2cccc3ccccc23)cc1. The van der Waals surface area contributed by atoms with Crippen LogP contribution in [0.3, 0.4) is 0 Å². The molecule has 0 saturated heterocycles. The van der Waals surface area contributed by atoms with Crippen LogP contribution in [0.2, 0.25) is 0 Å². The van der Waals surface area contributed by atoms with Gasteiger partial charge in [0.25, 0.3) is 0 Å². The molecule has 0 bridgehead atoms. The fourth-order valence-electron chi connectivity index (χ4n) is 5.51. The van der Waals surface area contributed by atoms with Gasteiger partial charge < -0.3 is 15.5 Å². The molecular formula is C31H29N3O. The first-order valence-electron chi connectivity index (χ1n) is 12.2. The van der Waals surface area contributed by atoms with Gasteiger partial charge in [-0.3, -0.25) is 4.79 Å². The Hall–Kier alpha value is -4.05. The van der Waals surface area contributed by atoms with E-state index in [9.17, 15) is 4.79 Å². The fraction of sp³-hybridized carbons (Fsp3) is 0.194. The van der Waals surface area contributed by atoms with E-state index in [0.29, 0.717) is 6.42 Å². The summed E-state index contributed by atoms with van der Waals surface area (Å²) in [6.45, 7) is 0. The Labute approximate surface area is 206 Å². The minimum Gasteiger partial charge on any atom is -0.378 e. The summed E-state index contributed by atoms with van der Waals surface area (Å²) < 4.78 is 0. The number of allylic oxidation sites excluding steroid dienone is 1. The lowest BCUT2D eigenvalue weighted by Gasteiger charge is -2.30. The van der Waals surface area contributed by atoms with E-state index in [1.165, 1.54) is 16.3 Å². The summed E-state index contributed by atoms with van der Waals surface area (Å²) in [4.78, 5) is 16.0. The van der Waals surface area contributed by atoms with Gasteiger partial charge in [-0.05, 0) is 58.5 Å². The molecule has 2 N–H and O–H groups in total. The molecular weight excluding hydrogens is 430 g/mol. The van der Waals surface area contributed by atoms with Crippen molar-refractivity contribution in [2.24, 2.45) is 0 Å². The van der Waals surface area contributed by atoms with Gasteiger partial charge in [0.15, 0.2) is 5.78 Å². The van der Waals surface area contributed by atoms with E-state index >= 15 is 0 Å². The summed E-state index contributed by atoms with van der Waals surface area (Å²) in [6.07, 6.45) is 1.32. The molecule has 1 aliphatic heterocycles. The van der Waals surface area contributed by atoms with E-state index in [4.69, 9.17) is 0 Å². The number of carbonyl (C=O) groups is 1. The zero-order chi connectivity index (χ0) is 23.9. The number of hydrogen-bond acceptors (Lipinski definition) is 4. The topological polar surface area (TPSA) is 44.4 Å². The number of benzene rings is 4. The third-order valence-electron chi connectivity index (χ3n) is 7.32. The molecule has 4 nitrogen and oxygen atoms in total. The lowest BCUT2D eigenvalue weighted by molar-refractivity contribution is -0.116. The number of hydrogen-bond donors (Lipinski definition) is 2. The number of carbonyl (C=O) groups excluding carboxylic acids is 1. The summed E-state index contributed by atoms with van der Waals surface area (Å²) in [5, 5.41) is 9.74. The Morgan fingerprint density at radius 2 is 1.49 bits per heavy atom. The summed E-state index contributed by atoms with van der Waals surface area (Å²) in [7, 11) is 4.09. The minimum absolute atomic E-state index is 0.156. The smallest absolute Gasteiger partial charge is 0.163 e. The van der Waals surface area contributed by atoms with Crippen LogP contribution in [-0.2, 0) is 4.79 Å². The van der Waals surface area contributed by atoms with Crippen LogP contribution < -0.4 is 15.5 Å². The van der Waals surface area contributed by atoms with E-state index in [0.717, 1.165) is 40.3 Å². The number of Topliss-reactive ketones (excluding diaryl/α,β-unsaturated/α-hetero) is 1. The molecule has 0 amide bonds. The lowest BCUT2D eigenvalue weighted by atomic mass is 9.78. The first kappa shape index (κ1) is 21.5. The summed E-state index contributed by atoms with van der Waals surface area (Å²) in [5.74, 6) is 0.363. The second-order valence-corrected chi connectivity index (χ2v) is 9.72. The molecule has 2 atom stereocenters. The van der Waals surface area contributed by atoms with Crippen LogP contribution in [0.5, 0.6) is 0 Å². The van der Waals surface area contributed by atoms with Gasteiger partial charge in [0.2, 0.25) is 0 Å². The molecule has 4 aromatic carbocycles. The van der Waals surface area contributed by atoms with Crippen molar-refractivity contribution in [3.05, 3.63) is 113 Å². The Morgan fingerprint density at radius 3 is 2.29 bits per heavy atom. The molecule has 0 spiro atoms. The number of fused-ring (bicyclic) bond motifs is 2. The molecule has 2 unspecified atom stereocenters. The van der Waals surface area contributed by atoms with Gasteiger partial charge in [-0.2, -0.15) is 0 Å². The minimum atomic E-state index is -0.211.